The van der Waals surface area contributed by atoms with Crippen molar-refractivity contribution in [2.75, 3.05) is 76.5 Å². The lowest BCUT2D eigenvalue weighted by atomic mass is 9.69. The smallest absolute Gasteiger partial charge is 0.416 e. The lowest BCUT2D eigenvalue weighted by Crippen LogP contribution is -2.52. The summed E-state index contributed by atoms with van der Waals surface area (Å²) in [6.45, 7) is 15.7. The van der Waals surface area contributed by atoms with Crippen molar-refractivity contribution in [3.63, 3.8) is 0 Å². The number of hydrogen-bond acceptors (Lipinski definition) is 9. The van der Waals surface area contributed by atoms with E-state index in [1.807, 2.05) is 37.6 Å². The van der Waals surface area contributed by atoms with Crippen LogP contribution in [0.3, 0.4) is 0 Å². The van der Waals surface area contributed by atoms with Gasteiger partial charge in [0.15, 0.2) is 5.65 Å². The molecule has 0 bridgehead atoms. The summed E-state index contributed by atoms with van der Waals surface area (Å²) in [5.74, 6) is -0.607. The number of alkyl halides is 3. The number of carbonyl (C=O) groups is 1. The van der Waals surface area contributed by atoms with E-state index in [4.69, 9.17) is 24.2 Å². The normalized spacial score (nSPS) is 16.8. The number of esters is 1. The van der Waals surface area contributed by atoms with Gasteiger partial charge in [0.1, 0.15) is 29.9 Å². The van der Waals surface area contributed by atoms with E-state index >= 15 is 0 Å². The molecule has 1 aliphatic heterocycles. The number of pyridine rings is 1. The van der Waals surface area contributed by atoms with Crippen molar-refractivity contribution in [3.8, 4) is 22.6 Å². The predicted octanol–water partition coefficient (Wildman–Crippen LogP) is 8.56. The van der Waals surface area contributed by atoms with Gasteiger partial charge in [0, 0.05) is 83.8 Å². The lowest BCUT2D eigenvalue weighted by Gasteiger charge is -2.44. The van der Waals surface area contributed by atoms with E-state index in [2.05, 4.69) is 46.5 Å². The highest BCUT2D eigenvalue weighted by Gasteiger charge is 2.39. The van der Waals surface area contributed by atoms with Crippen LogP contribution >= 0.6 is 0 Å². The maximum absolute atomic E-state index is 14.9. The zero-order valence-electron chi connectivity index (χ0n) is 34.2. The number of nitrogens with zero attached hydrogens (tertiary/aromatic N) is 6. The molecule has 4 aromatic rings. The van der Waals surface area contributed by atoms with E-state index in [0.29, 0.717) is 55.1 Å². The Balaban J connectivity index is 1.41. The molecule has 1 unspecified atom stereocenters. The third kappa shape index (κ3) is 9.98. The second-order valence-electron chi connectivity index (χ2n) is 16.8. The first-order valence-electron chi connectivity index (χ1n) is 19.8. The van der Waals surface area contributed by atoms with Crippen LogP contribution in [0.15, 0.2) is 48.5 Å². The van der Waals surface area contributed by atoms with Gasteiger partial charge in [0.2, 0.25) is 0 Å². The Morgan fingerprint density at radius 1 is 1.00 bits per heavy atom. The van der Waals surface area contributed by atoms with E-state index in [0.717, 1.165) is 74.9 Å². The minimum Gasteiger partial charge on any atom is -0.465 e. The van der Waals surface area contributed by atoms with Crippen LogP contribution in [0.1, 0.15) is 38.7 Å². The molecule has 10 nitrogen and oxygen atoms in total. The van der Waals surface area contributed by atoms with Gasteiger partial charge in [0.25, 0.3) is 0 Å². The molecule has 1 saturated carbocycles. The highest BCUT2D eigenvalue weighted by Crippen LogP contribution is 2.44. The van der Waals surface area contributed by atoms with Crippen LogP contribution < -0.4 is 9.80 Å². The molecule has 310 valence electrons. The molecule has 1 saturated heterocycles. The molecule has 0 N–H and O–H groups in total. The first kappa shape index (κ1) is 42.5. The molecular formula is C42H56F4N6O4Si. The average molecular weight is 813 g/mol. The van der Waals surface area contributed by atoms with Crippen molar-refractivity contribution in [1.82, 2.24) is 19.4 Å². The zero-order chi connectivity index (χ0) is 41.1. The van der Waals surface area contributed by atoms with Gasteiger partial charge < -0.3 is 24.0 Å². The van der Waals surface area contributed by atoms with Gasteiger partial charge in [-0.3, -0.25) is 14.3 Å². The van der Waals surface area contributed by atoms with E-state index in [1.54, 1.807) is 13.2 Å². The van der Waals surface area contributed by atoms with Crippen LogP contribution in [0, 0.1) is 11.2 Å². The Morgan fingerprint density at radius 3 is 2.30 bits per heavy atom. The van der Waals surface area contributed by atoms with Crippen molar-refractivity contribution >= 4 is 36.6 Å². The summed E-state index contributed by atoms with van der Waals surface area (Å²) in [6.07, 6.45) is -1.68. The summed E-state index contributed by atoms with van der Waals surface area (Å²) in [4.78, 5) is 29.0. The van der Waals surface area contributed by atoms with Gasteiger partial charge >= 0.3 is 12.1 Å². The molecule has 15 heteroatoms. The molecule has 2 aliphatic rings. The molecule has 0 radical (unpaired) electrons. The summed E-state index contributed by atoms with van der Waals surface area (Å²) in [5, 5.41) is 0. The average Bonchev–Trinajstić information content (AvgIpc) is 3.52. The summed E-state index contributed by atoms with van der Waals surface area (Å²) >= 11 is 0. The number of anilines is 2. The fraction of sp³-hybridized carbons (Fsp3) is 0.548. The van der Waals surface area contributed by atoms with Crippen LogP contribution in [0.2, 0.25) is 25.7 Å². The number of rotatable bonds is 16. The van der Waals surface area contributed by atoms with Crippen LogP contribution in [-0.2, 0) is 31.9 Å². The molecule has 2 aromatic carbocycles. The van der Waals surface area contributed by atoms with E-state index in [-0.39, 0.29) is 35.4 Å². The number of methoxy groups -OCH3 is 1. The first-order chi connectivity index (χ1) is 27.0. The third-order valence-electron chi connectivity index (χ3n) is 11.2. The minimum atomic E-state index is -4.74. The van der Waals surface area contributed by atoms with Crippen LogP contribution in [0.25, 0.3) is 33.8 Å². The van der Waals surface area contributed by atoms with Crippen LogP contribution in [0.4, 0.5) is 28.9 Å². The number of hydrogen-bond donors (Lipinski definition) is 0. The Kier molecular flexibility index (Phi) is 13.0. The highest BCUT2D eigenvalue weighted by atomic mass is 28.3. The largest absolute Gasteiger partial charge is 0.465 e. The van der Waals surface area contributed by atoms with Gasteiger partial charge in [-0.25, -0.2) is 14.4 Å². The molecule has 2 aromatic heterocycles. The molecular weight excluding hydrogens is 757 g/mol. The van der Waals surface area contributed by atoms with Crippen molar-refractivity contribution in [3.05, 3.63) is 59.9 Å². The molecule has 6 rings (SSSR count). The van der Waals surface area contributed by atoms with Crippen molar-refractivity contribution in [2.45, 2.75) is 77.7 Å². The quantitative estimate of drug-likeness (QED) is 0.0479. The molecule has 2 fully saturated rings. The van der Waals surface area contributed by atoms with Gasteiger partial charge in [-0.1, -0.05) is 26.1 Å². The number of halogens is 4. The predicted molar refractivity (Wildman–Crippen MR) is 219 cm³/mol. The Hall–Kier alpha value is -4.05. The zero-order valence-corrected chi connectivity index (χ0v) is 35.2. The highest BCUT2D eigenvalue weighted by molar-refractivity contribution is 6.76. The van der Waals surface area contributed by atoms with Crippen LogP contribution in [-0.4, -0.2) is 106 Å². The number of ether oxygens (including phenoxy) is 3. The standard InChI is InChI=1S/C42H56F4N6O4Si/c1-8-56-40(53)29(2)50-16-18-51(19-17-50)34-12-10-30(11-13-34)38-48-37-36(49(3)26-41(27-54-4)14-9-15-41)25-35(31-22-32(42(44,45)46)24-33(43)23-31)47-39(37)52(38)28-55-20-21-57(5,6)7/h10-13,22-25,29H,8-9,14-21,26-28H2,1-7H3. The molecule has 1 atom stereocenters. The Labute approximate surface area is 334 Å². The second-order valence-corrected chi connectivity index (χ2v) is 22.4. The van der Waals surface area contributed by atoms with Gasteiger partial charge in [-0.2, -0.15) is 13.2 Å². The topological polar surface area (TPSA) is 85.2 Å². The SMILES string of the molecule is CCOC(=O)C(C)N1CCN(c2ccc(-c3nc4c(N(C)CC5(COC)CCC5)cc(-c5cc(F)cc(C(F)(F)F)c5)nc4n3COCC[Si](C)(C)C)cc2)CC1. The third-order valence-corrected chi connectivity index (χ3v) is 13.0. The van der Waals surface area contributed by atoms with Crippen LogP contribution in [0.5, 0.6) is 0 Å². The molecule has 0 amide bonds. The van der Waals surface area contributed by atoms with E-state index < -0.39 is 25.6 Å². The second kappa shape index (κ2) is 17.4. The number of imidazole rings is 1. The Morgan fingerprint density at radius 2 is 1.70 bits per heavy atom. The summed E-state index contributed by atoms with van der Waals surface area (Å²) in [5.41, 5.74) is 2.58. The fourth-order valence-corrected chi connectivity index (χ4v) is 8.57. The van der Waals surface area contributed by atoms with Gasteiger partial charge in [0.05, 0.1) is 30.2 Å². The molecule has 0 spiro atoms. The molecule has 1 aliphatic carbocycles. The molecule has 57 heavy (non-hydrogen) atoms. The number of carbonyl (C=O) groups excluding carboxylic acids is 1. The number of fused-ring (bicyclic) bond motifs is 1. The summed E-state index contributed by atoms with van der Waals surface area (Å²) < 4.78 is 75.7. The monoisotopic (exact) mass is 812 g/mol. The van der Waals surface area contributed by atoms with Crippen molar-refractivity contribution in [2.24, 2.45) is 5.41 Å². The summed E-state index contributed by atoms with van der Waals surface area (Å²) in [6, 6.07) is 13.0. The van der Waals surface area contributed by atoms with E-state index in [9.17, 15) is 22.4 Å². The lowest BCUT2D eigenvalue weighted by molar-refractivity contribution is -0.149. The number of aromatic nitrogens is 3. The molecule has 3 heterocycles. The number of piperazine rings is 1. The first-order valence-corrected chi connectivity index (χ1v) is 23.5. The maximum Gasteiger partial charge on any atom is 0.416 e. The van der Waals surface area contributed by atoms with E-state index in [1.165, 1.54) is 0 Å². The number of benzene rings is 2. The maximum atomic E-state index is 14.9. The van der Waals surface area contributed by atoms with Gasteiger partial charge in [-0.15, -0.1) is 0 Å². The fourth-order valence-electron chi connectivity index (χ4n) is 7.81. The van der Waals surface area contributed by atoms with Crippen molar-refractivity contribution < 1.29 is 36.6 Å². The minimum absolute atomic E-state index is 0.0178. The van der Waals surface area contributed by atoms with Crippen molar-refractivity contribution in [1.29, 1.82) is 0 Å². The summed E-state index contributed by atoms with van der Waals surface area (Å²) in [7, 11) is 2.22. The van der Waals surface area contributed by atoms with Gasteiger partial charge in [-0.05, 0) is 81.3 Å². The Bertz CT molecular complexity index is 2010.